The maximum absolute atomic E-state index is 12.2. The van der Waals surface area contributed by atoms with Crippen molar-refractivity contribution in [3.05, 3.63) is 48.3 Å². The van der Waals surface area contributed by atoms with Gasteiger partial charge in [0.25, 0.3) is 5.91 Å². The SMILES string of the molecule is CCCNCCNC(=O)c1cncc(-c2ccc(OC)cc2)c1. The van der Waals surface area contributed by atoms with Gasteiger partial charge < -0.3 is 15.4 Å². The van der Waals surface area contributed by atoms with Gasteiger partial charge in [-0.05, 0) is 36.7 Å². The number of amides is 1. The Kier molecular flexibility index (Phi) is 6.56. The summed E-state index contributed by atoms with van der Waals surface area (Å²) in [4.78, 5) is 16.3. The monoisotopic (exact) mass is 313 g/mol. The summed E-state index contributed by atoms with van der Waals surface area (Å²) in [5.41, 5.74) is 2.47. The van der Waals surface area contributed by atoms with Gasteiger partial charge in [-0.15, -0.1) is 0 Å². The highest BCUT2D eigenvalue weighted by atomic mass is 16.5. The molecule has 0 aliphatic carbocycles. The Hall–Kier alpha value is -2.40. The van der Waals surface area contributed by atoms with Crippen LogP contribution in [0.25, 0.3) is 11.1 Å². The number of pyridine rings is 1. The predicted molar refractivity (Wildman–Crippen MR) is 91.7 cm³/mol. The average molecular weight is 313 g/mol. The summed E-state index contributed by atoms with van der Waals surface area (Å²) in [6, 6.07) is 9.53. The van der Waals surface area contributed by atoms with E-state index in [2.05, 4.69) is 22.5 Å². The fourth-order valence-corrected chi connectivity index (χ4v) is 2.17. The highest BCUT2D eigenvalue weighted by Gasteiger charge is 2.07. The number of hydrogen-bond acceptors (Lipinski definition) is 4. The van der Waals surface area contributed by atoms with Crippen LogP contribution in [0.1, 0.15) is 23.7 Å². The van der Waals surface area contributed by atoms with Crippen LogP contribution in [0.15, 0.2) is 42.7 Å². The first-order valence-corrected chi connectivity index (χ1v) is 7.83. The number of aromatic nitrogens is 1. The smallest absolute Gasteiger partial charge is 0.252 e. The van der Waals surface area contributed by atoms with Crippen LogP contribution in [0.5, 0.6) is 5.75 Å². The molecule has 2 N–H and O–H groups in total. The fourth-order valence-electron chi connectivity index (χ4n) is 2.17. The Balaban J connectivity index is 1.99. The number of ether oxygens (including phenoxy) is 1. The van der Waals surface area contributed by atoms with Crippen molar-refractivity contribution in [1.29, 1.82) is 0 Å². The molecule has 122 valence electrons. The van der Waals surface area contributed by atoms with Gasteiger partial charge in [0.15, 0.2) is 0 Å². The molecule has 0 aliphatic rings. The van der Waals surface area contributed by atoms with E-state index in [1.807, 2.05) is 30.3 Å². The minimum atomic E-state index is -0.105. The fraction of sp³-hybridized carbons (Fsp3) is 0.333. The number of benzene rings is 1. The lowest BCUT2D eigenvalue weighted by Crippen LogP contribution is -2.32. The Morgan fingerprint density at radius 3 is 2.57 bits per heavy atom. The number of carbonyl (C=O) groups is 1. The molecule has 0 unspecified atom stereocenters. The van der Waals surface area contributed by atoms with Gasteiger partial charge >= 0.3 is 0 Å². The summed E-state index contributed by atoms with van der Waals surface area (Å²) >= 11 is 0. The van der Waals surface area contributed by atoms with E-state index in [9.17, 15) is 4.79 Å². The topological polar surface area (TPSA) is 63.2 Å². The van der Waals surface area contributed by atoms with Crippen LogP contribution in [0.2, 0.25) is 0 Å². The predicted octanol–water partition coefficient (Wildman–Crippen LogP) is 2.49. The van der Waals surface area contributed by atoms with E-state index in [0.29, 0.717) is 12.1 Å². The summed E-state index contributed by atoms with van der Waals surface area (Å²) in [6.07, 6.45) is 4.42. The quantitative estimate of drug-likeness (QED) is 0.735. The molecule has 0 radical (unpaired) electrons. The van der Waals surface area contributed by atoms with E-state index in [1.54, 1.807) is 19.5 Å². The Morgan fingerprint density at radius 1 is 1.09 bits per heavy atom. The van der Waals surface area contributed by atoms with Gasteiger partial charge in [-0.1, -0.05) is 19.1 Å². The first-order valence-electron chi connectivity index (χ1n) is 7.83. The second-order valence-corrected chi connectivity index (χ2v) is 5.20. The standard InChI is InChI=1S/C18H23N3O2/c1-3-8-19-9-10-21-18(22)16-11-15(12-20-13-16)14-4-6-17(23-2)7-5-14/h4-7,11-13,19H,3,8-10H2,1-2H3,(H,21,22). The van der Waals surface area contributed by atoms with E-state index in [0.717, 1.165) is 36.4 Å². The Labute approximate surface area is 137 Å². The second kappa shape index (κ2) is 8.90. The van der Waals surface area contributed by atoms with Crippen molar-refractivity contribution in [1.82, 2.24) is 15.6 Å². The molecule has 1 heterocycles. The molecule has 1 amide bonds. The van der Waals surface area contributed by atoms with Gasteiger partial charge in [0.2, 0.25) is 0 Å². The first kappa shape index (κ1) is 17.0. The Morgan fingerprint density at radius 2 is 1.87 bits per heavy atom. The zero-order chi connectivity index (χ0) is 16.5. The third-order valence-corrected chi connectivity index (χ3v) is 3.44. The molecule has 2 rings (SSSR count). The molecule has 0 spiro atoms. The van der Waals surface area contributed by atoms with Crippen LogP contribution >= 0.6 is 0 Å². The van der Waals surface area contributed by atoms with E-state index in [4.69, 9.17) is 4.74 Å². The van der Waals surface area contributed by atoms with Crippen LogP contribution < -0.4 is 15.4 Å². The largest absolute Gasteiger partial charge is 0.497 e. The maximum Gasteiger partial charge on any atom is 0.252 e. The van der Waals surface area contributed by atoms with E-state index in [-0.39, 0.29) is 5.91 Å². The summed E-state index contributed by atoms with van der Waals surface area (Å²) in [7, 11) is 1.64. The van der Waals surface area contributed by atoms with Crippen molar-refractivity contribution in [2.75, 3.05) is 26.7 Å². The van der Waals surface area contributed by atoms with Crippen molar-refractivity contribution < 1.29 is 9.53 Å². The second-order valence-electron chi connectivity index (χ2n) is 5.20. The van der Waals surface area contributed by atoms with Gasteiger partial charge in [-0.25, -0.2) is 0 Å². The minimum absolute atomic E-state index is 0.105. The van der Waals surface area contributed by atoms with Crippen molar-refractivity contribution in [2.24, 2.45) is 0 Å². The molecule has 0 bridgehead atoms. The number of nitrogens with one attached hydrogen (secondary N) is 2. The van der Waals surface area contributed by atoms with Gasteiger partial charge in [-0.3, -0.25) is 9.78 Å². The average Bonchev–Trinajstić information content (AvgIpc) is 2.61. The minimum Gasteiger partial charge on any atom is -0.497 e. The number of hydrogen-bond donors (Lipinski definition) is 2. The number of rotatable bonds is 8. The third-order valence-electron chi connectivity index (χ3n) is 3.44. The molecule has 0 aliphatic heterocycles. The van der Waals surface area contributed by atoms with Gasteiger partial charge in [-0.2, -0.15) is 0 Å². The summed E-state index contributed by atoms with van der Waals surface area (Å²) < 4.78 is 5.15. The highest BCUT2D eigenvalue weighted by Crippen LogP contribution is 2.22. The van der Waals surface area contributed by atoms with E-state index < -0.39 is 0 Å². The number of carbonyl (C=O) groups excluding carboxylic acids is 1. The van der Waals surface area contributed by atoms with E-state index >= 15 is 0 Å². The molecular weight excluding hydrogens is 290 g/mol. The molecule has 2 aromatic rings. The van der Waals surface area contributed by atoms with Crippen molar-refractivity contribution in [3.8, 4) is 16.9 Å². The number of nitrogens with zero attached hydrogens (tertiary/aromatic N) is 1. The summed E-state index contributed by atoms with van der Waals surface area (Å²) in [5, 5.41) is 6.14. The van der Waals surface area contributed by atoms with E-state index in [1.165, 1.54) is 0 Å². The molecule has 23 heavy (non-hydrogen) atoms. The third kappa shape index (κ3) is 5.07. The lowest BCUT2D eigenvalue weighted by molar-refractivity contribution is 0.0953. The molecule has 5 nitrogen and oxygen atoms in total. The van der Waals surface area contributed by atoms with Gasteiger partial charge in [0.05, 0.1) is 12.7 Å². The molecule has 0 saturated heterocycles. The lowest BCUT2D eigenvalue weighted by atomic mass is 10.1. The van der Waals surface area contributed by atoms with Crippen LogP contribution in [0, 0.1) is 0 Å². The van der Waals surface area contributed by atoms with Crippen LogP contribution in [0.4, 0.5) is 0 Å². The molecule has 0 saturated carbocycles. The zero-order valence-corrected chi connectivity index (χ0v) is 13.6. The summed E-state index contributed by atoms with van der Waals surface area (Å²) in [5.74, 6) is 0.696. The lowest BCUT2D eigenvalue weighted by Gasteiger charge is -2.08. The van der Waals surface area contributed by atoms with Gasteiger partial charge in [0, 0.05) is 31.0 Å². The van der Waals surface area contributed by atoms with Crippen molar-refractivity contribution in [3.63, 3.8) is 0 Å². The van der Waals surface area contributed by atoms with Gasteiger partial charge in [0.1, 0.15) is 5.75 Å². The van der Waals surface area contributed by atoms with Crippen LogP contribution in [0.3, 0.4) is 0 Å². The number of methoxy groups -OCH3 is 1. The first-order chi connectivity index (χ1) is 11.2. The molecule has 1 aromatic carbocycles. The highest BCUT2D eigenvalue weighted by molar-refractivity contribution is 5.95. The Bertz CT molecular complexity index is 626. The summed E-state index contributed by atoms with van der Waals surface area (Å²) in [6.45, 7) is 4.45. The normalized spacial score (nSPS) is 10.3. The molecule has 1 aromatic heterocycles. The van der Waals surface area contributed by atoms with Crippen molar-refractivity contribution >= 4 is 5.91 Å². The van der Waals surface area contributed by atoms with Crippen LogP contribution in [-0.2, 0) is 0 Å². The molecule has 0 atom stereocenters. The zero-order valence-electron chi connectivity index (χ0n) is 13.6. The maximum atomic E-state index is 12.2. The molecular formula is C18H23N3O2. The van der Waals surface area contributed by atoms with Crippen molar-refractivity contribution in [2.45, 2.75) is 13.3 Å². The molecule has 5 heteroatoms. The van der Waals surface area contributed by atoms with Crippen LogP contribution in [-0.4, -0.2) is 37.6 Å². The molecule has 0 fully saturated rings.